The van der Waals surface area contributed by atoms with Crippen molar-refractivity contribution >= 4 is 5.78 Å². The van der Waals surface area contributed by atoms with Gasteiger partial charge < -0.3 is 0 Å². The number of carbonyl (C=O) groups is 1. The summed E-state index contributed by atoms with van der Waals surface area (Å²) in [6.45, 7) is 12.5. The van der Waals surface area contributed by atoms with Crippen LogP contribution in [-0.2, 0) is 4.79 Å². The van der Waals surface area contributed by atoms with Gasteiger partial charge in [0, 0.05) is 11.5 Å². The van der Waals surface area contributed by atoms with Crippen molar-refractivity contribution < 1.29 is 4.79 Å². The highest BCUT2D eigenvalue weighted by molar-refractivity contribution is 5.84. The fraction of sp³-hybridized carbons (Fsp3) is 0.917. The first kappa shape index (κ1) is 11.7. The van der Waals surface area contributed by atoms with Crippen molar-refractivity contribution in [2.75, 3.05) is 13.1 Å². The van der Waals surface area contributed by atoms with Gasteiger partial charge in [0.25, 0.3) is 0 Å². The van der Waals surface area contributed by atoms with E-state index in [4.69, 9.17) is 0 Å². The second-order valence-corrected chi connectivity index (χ2v) is 5.70. The van der Waals surface area contributed by atoms with Crippen LogP contribution in [0.25, 0.3) is 0 Å². The second-order valence-electron chi connectivity index (χ2n) is 5.70. The van der Waals surface area contributed by atoms with Crippen molar-refractivity contribution in [1.82, 2.24) is 4.90 Å². The van der Waals surface area contributed by atoms with Crippen molar-refractivity contribution in [3.63, 3.8) is 0 Å². The molecule has 0 unspecified atom stereocenters. The zero-order chi connectivity index (χ0) is 10.9. The predicted molar refractivity (Wildman–Crippen MR) is 59.3 cm³/mol. The summed E-state index contributed by atoms with van der Waals surface area (Å²) >= 11 is 0. The van der Waals surface area contributed by atoms with Crippen LogP contribution >= 0.6 is 0 Å². The third kappa shape index (κ3) is 2.57. The highest BCUT2D eigenvalue weighted by Gasteiger charge is 2.33. The first-order chi connectivity index (χ1) is 6.32. The smallest absolute Gasteiger partial charge is 0.150 e. The number of nitrogens with zero attached hydrogens (tertiary/aromatic N) is 1. The van der Waals surface area contributed by atoms with Gasteiger partial charge in [-0.05, 0) is 39.7 Å². The van der Waals surface area contributed by atoms with E-state index in [1.165, 1.54) is 0 Å². The van der Waals surface area contributed by atoms with Gasteiger partial charge in [-0.3, -0.25) is 9.69 Å². The van der Waals surface area contributed by atoms with Crippen LogP contribution in [-0.4, -0.2) is 29.3 Å². The molecule has 2 nitrogen and oxygen atoms in total. The molecular formula is C12H23NO. The normalized spacial score (nSPS) is 25.9. The number of hydrogen-bond donors (Lipinski definition) is 0. The molecule has 0 N–H and O–H groups in total. The Balaban J connectivity index is 2.60. The van der Waals surface area contributed by atoms with E-state index < -0.39 is 0 Å². The van der Waals surface area contributed by atoms with Crippen LogP contribution in [0.4, 0.5) is 0 Å². The standard InChI is InChI=1S/C12H23NO/c1-9(2)10-6-7-13(8-11(10)14)12(3,4)5/h9-10H,6-8H2,1-5H3/t10-/m0/s1. The van der Waals surface area contributed by atoms with E-state index in [2.05, 4.69) is 39.5 Å². The Labute approximate surface area is 87.7 Å². The Bertz CT molecular complexity index is 215. The first-order valence-corrected chi connectivity index (χ1v) is 5.60. The van der Waals surface area contributed by atoms with Gasteiger partial charge >= 0.3 is 0 Å². The highest BCUT2D eigenvalue weighted by Crippen LogP contribution is 2.25. The Morgan fingerprint density at radius 2 is 1.93 bits per heavy atom. The van der Waals surface area contributed by atoms with Crippen LogP contribution in [0.3, 0.4) is 0 Å². The molecule has 0 aliphatic carbocycles. The quantitative estimate of drug-likeness (QED) is 0.643. The zero-order valence-corrected chi connectivity index (χ0v) is 10.1. The van der Waals surface area contributed by atoms with Crippen LogP contribution in [0.15, 0.2) is 0 Å². The van der Waals surface area contributed by atoms with E-state index in [0.29, 0.717) is 24.2 Å². The minimum Gasteiger partial charge on any atom is -0.298 e. The number of piperidine rings is 1. The molecule has 1 heterocycles. The van der Waals surface area contributed by atoms with Gasteiger partial charge in [-0.2, -0.15) is 0 Å². The van der Waals surface area contributed by atoms with E-state index >= 15 is 0 Å². The Kier molecular flexibility index (Phi) is 3.36. The third-order valence-electron chi connectivity index (χ3n) is 3.22. The average molecular weight is 197 g/mol. The van der Waals surface area contributed by atoms with Crippen molar-refractivity contribution in [1.29, 1.82) is 0 Å². The van der Waals surface area contributed by atoms with Crippen LogP contribution in [0.2, 0.25) is 0 Å². The Hall–Kier alpha value is -0.370. The van der Waals surface area contributed by atoms with Crippen LogP contribution < -0.4 is 0 Å². The molecule has 2 heteroatoms. The van der Waals surface area contributed by atoms with E-state index in [1.807, 2.05) is 0 Å². The molecule has 0 aromatic rings. The van der Waals surface area contributed by atoms with Gasteiger partial charge in [0.15, 0.2) is 0 Å². The van der Waals surface area contributed by atoms with Crippen molar-refractivity contribution in [2.45, 2.75) is 46.6 Å². The van der Waals surface area contributed by atoms with Gasteiger partial charge in [-0.15, -0.1) is 0 Å². The van der Waals surface area contributed by atoms with Crippen LogP contribution in [0.1, 0.15) is 41.0 Å². The van der Waals surface area contributed by atoms with Gasteiger partial charge in [0.2, 0.25) is 0 Å². The molecule has 0 aromatic carbocycles. The predicted octanol–water partition coefficient (Wildman–Crippen LogP) is 2.33. The third-order valence-corrected chi connectivity index (χ3v) is 3.22. The maximum absolute atomic E-state index is 11.9. The fourth-order valence-electron chi connectivity index (χ4n) is 2.12. The second kappa shape index (κ2) is 4.01. The summed E-state index contributed by atoms with van der Waals surface area (Å²) in [6.07, 6.45) is 1.04. The van der Waals surface area contributed by atoms with E-state index in [9.17, 15) is 4.79 Å². The van der Waals surface area contributed by atoms with Crippen LogP contribution in [0.5, 0.6) is 0 Å². The van der Waals surface area contributed by atoms with Gasteiger partial charge in [-0.25, -0.2) is 0 Å². The fourth-order valence-corrected chi connectivity index (χ4v) is 2.12. The molecule has 82 valence electrons. The average Bonchev–Trinajstić information content (AvgIpc) is 2.01. The molecule has 0 spiro atoms. The Morgan fingerprint density at radius 1 is 1.36 bits per heavy atom. The molecule has 1 fully saturated rings. The summed E-state index contributed by atoms with van der Waals surface area (Å²) in [5, 5.41) is 0. The first-order valence-electron chi connectivity index (χ1n) is 5.60. The number of rotatable bonds is 1. The molecule has 14 heavy (non-hydrogen) atoms. The SMILES string of the molecule is CC(C)[C@@H]1CCN(C(C)(C)C)CC1=O. The van der Waals surface area contributed by atoms with Crippen molar-refractivity contribution in [3.8, 4) is 0 Å². The summed E-state index contributed by atoms with van der Waals surface area (Å²) < 4.78 is 0. The zero-order valence-electron chi connectivity index (χ0n) is 10.1. The lowest BCUT2D eigenvalue weighted by molar-refractivity contribution is -0.130. The largest absolute Gasteiger partial charge is 0.298 e. The van der Waals surface area contributed by atoms with Crippen molar-refractivity contribution in [2.24, 2.45) is 11.8 Å². The summed E-state index contributed by atoms with van der Waals surface area (Å²) in [5.74, 6) is 1.24. The molecule has 0 bridgehead atoms. The number of Topliss-reactive ketones (excluding diaryl/α,β-unsaturated/α-hetero) is 1. The van der Waals surface area contributed by atoms with Gasteiger partial charge in [-0.1, -0.05) is 13.8 Å². The van der Waals surface area contributed by atoms with Gasteiger partial charge in [0.05, 0.1) is 6.54 Å². The molecule has 1 saturated heterocycles. The number of ketones is 1. The molecule has 1 aliphatic rings. The molecule has 1 rings (SSSR count). The maximum Gasteiger partial charge on any atom is 0.150 e. The Morgan fingerprint density at radius 3 is 2.29 bits per heavy atom. The summed E-state index contributed by atoms with van der Waals surface area (Å²) in [5.41, 5.74) is 0.137. The molecule has 1 atom stereocenters. The molecular weight excluding hydrogens is 174 g/mol. The lowest BCUT2D eigenvalue weighted by Crippen LogP contribution is -2.51. The van der Waals surface area contributed by atoms with Crippen molar-refractivity contribution in [3.05, 3.63) is 0 Å². The van der Waals surface area contributed by atoms with Gasteiger partial charge in [0.1, 0.15) is 5.78 Å². The molecule has 1 aliphatic heterocycles. The number of carbonyl (C=O) groups excluding carboxylic acids is 1. The molecule has 0 amide bonds. The maximum atomic E-state index is 11.9. The monoisotopic (exact) mass is 197 g/mol. The summed E-state index contributed by atoms with van der Waals surface area (Å²) in [7, 11) is 0. The lowest BCUT2D eigenvalue weighted by Gasteiger charge is -2.40. The number of likely N-dealkylation sites (tertiary alicyclic amines) is 1. The molecule has 0 radical (unpaired) electrons. The van der Waals surface area contributed by atoms with E-state index in [1.54, 1.807) is 0 Å². The number of hydrogen-bond acceptors (Lipinski definition) is 2. The van der Waals surface area contributed by atoms with E-state index in [0.717, 1.165) is 13.0 Å². The summed E-state index contributed by atoms with van der Waals surface area (Å²) in [6, 6.07) is 0. The summed E-state index contributed by atoms with van der Waals surface area (Å²) in [4.78, 5) is 14.1. The minimum absolute atomic E-state index is 0.137. The minimum atomic E-state index is 0.137. The van der Waals surface area contributed by atoms with Crippen LogP contribution in [0, 0.1) is 11.8 Å². The van der Waals surface area contributed by atoms with E-state index in [-0.39, 0.29) is 5.54 Å². The molecule has 0 saturated carbocycles. The topological polar surface area (TPSA) is 20.3 Å². The lowest BCUT2D eigenvalue weighted by atomic mass is 9.84. The highest BCUT2D eigenvalue weighted by atomic mass is 16.1. The molecule has 0 aromatic heterocycles.